The first-order valence-electron chi connectivity index (χ1n) is 17.3. The molecule has 0 spiro atoms. The second-order valence-electron chi connectivity index (χ2n) is 14.0. The van der Waals surface area contributed by atoms with Crippen molar-refractivity contribution in [1.82, 2.24) is 0 Å². The van der Waals surface area contributed by atoms with Crippen LogP contribution in [0.4, 0.5) is 0 Å². The normalized spacial score (nSPS) is 41.7. The SMILES string of the molecule is CC[NH2+]C(CCC1CC[NH2+]C(N)C1)COC1CC(C2CC(O)CC(CCC3CCC(O)C(OCO)C3)O2)CC(OC)C1O. The van der Waals surface area contributed by atoms with Gasteiger partial charge in [0.2, 0.25) is 0 Å². The molecule has 2 saturated carbocycles. The van der Waals surface area contributed by atoms with Gasteiger partial charge >= 0.3 is 0 Å². The fourth-order valence-corrected chi connectivity index (χ4v) is 8.29. The van der Waals surface area contributed by atoms with Gasteiger partial charge in [-0.05, 0) is 95.3 Å². The van der Waals surface area contributed by atoms with E-state index in [1.54, 1.807) is 7.11 Å². The maximum absolute atomic E-state index is 11.1. The second-order valence-corrected chi connectivity index (χ2v) is 14.0. The number of methoxy groups -OCH3 is 1. The Morgan fingerprint density at radius 1 is 0.907 bits per heavy atom. The van der Waals surface area contributed by atoms with Gasteiger partial charge in [0.1, 0.15) is 25.1 Å². The Morgan fingerprint density at radius 3 is 2.44 bits per heavy atom. The summed E-state index contributed by atoms with van der Waals surface area (Å²) in [6.45, 7) is 4.50. The van der Waals surface area contributed by atoms with Crippen molar-refractivity contribution in [3.63, 3.8) is 0 Å². The highest BCUT2D eigenvalue weighted by molar-refractivity contribution is 4.94. The van der Waals surface area contributed by atoms with Crippen LogP contribution in [0.3, 0.4) is 0 Å². The number of hydrogen-bond donors (Lipinski definition) is 7. The molecule has 4 rings (SSSR count). The second kappa shape index (κ2) is 18.0. The van der Waals surface area contributed by atoms with Gasteiger partial charge in [-0.15, -0.1) is 0 Å². The zero-order chi connectivity index (χ0) is 30.8. The number of rotatable bonds is 15. The van der Waals surface area contributed by atoms with Crippen molar-refractivity contribution < 1.29 is 50.0 Å². The van der Waals surface area contributed by atoms with Gasteiger partial charge in [-0.1, -0.05) is 0 Å². The third kappa shape index (κ3) is 10.8. The Hall–Kier alpha value is -0.440. The van der Waals surface area contributed by atoms with E-state index in [2.05, 4.69) is 17.6 Å². The predicted molar refractivity (Wildman–Crippen MR) is 161 cm³/mol. The molecule has 11 nitrogen and oxygen atoms in total. The quantitative estimate of drug-likeness (QED) is 0.118. The first kappa shape index (κ1) is 35.4. The van der Waals surface area contributed by atoms with E-state index >= 15 is 0 Å². The van der Waals surface area contributed by atoms with Crippen LogP contribution in [0, 0.1) is 17.8 Å². The predicted octanol–water partition coefficient (Wildman–Crippen LogP) is -0.667. The van der Waals surface area contributed by atoms with E-state index in [4.69, 9.17) is 29.8 Å². The number of hydrogen-bond acceptors (Lipinski definition) is 9. The average molecular weight is 618 g/mol. The third-order valence-electron chi connectivity index (χ3n) is 10.8. The van der Waals surface area contributed by atoms with Crippen LogP contribution in [0.25, 0.3) is 0 Å². The van der Waals surface area contributed by atoms with E-state index in [0.29, 0.717) is 56.6 Å². The molecule has 4 fully saturated rings. The molecule has 2 heterocycles. The van der Waals surface area contributed by atoms with E-state index in [-0.39, 0.29) is 49.4 Å². The Morgan fingerprint density at radius 2 is 1.70 bits per heavy atom. The maximum atomic E-state index is 11.1. The molecule has 13 atom stereocenters. The minimum atomic E-state index is -0.685. The summed E-state index contributed by atoms with van der Waals surface area (Å²) in [5.74, 6) is 1.22. The van der Waals surface area contributed by atoms with E-state index in [1.165, 1.54) is 6.42 Å². The number of nitrogens with two attached hydrogens (primary N) is 3. The van der Waals surface area contributed by atoms with Crippen molar-refractivity contribution in [2.75, 3.05) is 33.6 Å². The summed E-state index contributed by atoms with van der Waals surface area (Å²) in [7, 11) is 1.65. The third-order valence-corrected chi connectivity index (χ3v) is 10.8. The Balaban J connectivity index is 1.29. The molecule has 252 valence electrons. The minimum absolute atomic E-state index is 0.0286. The molecule has 4 aliphatic rings. The number of piperidine rings is 1. The molecule has 0 aromatic carbocycles. The Labute approximate surface area is 258 Å². The van der Waals surface area contributed by atoms with Gasteiger partial charge < -0.3 is 50.0 Å². The lowest BCUT2D eigenvalue weighted by Crippen LogP contribution is -2.94. The zero-order valence-electron chi connectivity index (χ0n) is 26.7. The van der Waals surface area contributed by atoms with Crippen molar-refractivity contribution in [2.45, 2.75) is 151 Å². The highest BCUT2D eigenvalue weighted by Gasteiger charge is 2.44. The molecule has 13 unspecified atom stereocenters. The largest absolute Gasteiger partial charge is 0.393 e. The fourth-order valence-electron chi connectivity index (χ4n) is 8.29. The lowest BCUT2D eigenvalue weighted by Gasteiger charge is -2.44. The molecule has 0 amide bonds. The van der Waals surface area contributed by atoms with Crippen molar-refractivity contribution in [2.24, 2.45) is 23.5 Å². The molecule has 10 N–H and O–H groups in total. The molecule has 11 heteroatoms. The molecule has 0 radical (unpaired) electrons. The summed E-state index contributed by atoms with van der Waals surface area (Å²) in [6, 6.07) is 0.348. The van der Waals surface area contributed by atoms with Gasteiger partial charge in [-0.2, -0.15) is 0 Å². The van der Waals surface area contributed by atoms with Crippen LogP contribution in [0.5, 0.6) is 0 Å². The van der Waals surface area contributed by atoms with Crippen molar-refractivity contribution >= 4 is 0 Å². The number of likely N-dealkylation sites (N-methyl/N-ethyl adjacent to an activating group) is 1. The van der Waals surface area contributed by atoms with E-state index in [0.717, 1.165) is 58.0 Å². The summed E-state index contributed by atoms with van der Waals surface area (Å²) in [5.41, 5.74) is 6.18. The standard InChI is InChI=1S/C32H61N3O8/c1-3-34-23(7-4-21-10-11-35-31(33)13-21)18-41-30-15-22(14-29(40-2)32(30)39)27-17-24(37)16-25(43-27)8-5-20-6-9-26(38)28(12-20)42-19-36/h20-32,34-39H,3-19,33H2,1-2H3/p+2. The van der Waals surface area contributed by atoms with Crippen molar-refractivity contribution in [3.05, 3.63) is 0 Å². The van der Waals surface area contributed by atoms with Crippen molar-refractivity contribution in [3.8, 4) is 0 Å². The topological polar surface area (TPSA) is 177 Å². The highest BCUT2D eigenvalue weighted by Crippen LogP contribution is 2.38. The average Bonchev–Trinajstić information content (AvgIpc) is 2.99. The molecular formula is C32H63N3O8+2. The van der Waals surface area contributed by atoms with Gasteiger partial charge in [-0.25, -0.2) is 0 Å². The summed E-state index contributed by atoms with van der Waals surface area (Å²) in [5, 5.41) is 45.9. The van der Waals surface area contributed by atoms with Crippen LogP contribution in [0.2, 0.25) is 0 Å². The zero-order valence-corrected chi connectivity index (χ0v) is 26.7. The van der Waals surface area contributed by atoms with Crippen LogP contribution in [0.15, 0.2) is 0 Å². The lowest BCUT2D eigenvalue weighted by atomic mass is 9.77. The highest BCUT2D eigenvalue weighted by atomic mass is 16.6. The number of aliphatic hydroxyl groups excluding tert-OH is 4. The van der Waals surface area contributed by atoms with Crippen molar-refractivity contribution in [1.29, 1.82) is 0 Å². The summed E-state index contributed by atoms with van der Waals surface area (Å²) >= 11 is 0. The van der Waals surface area contributed by atoms with Gasteiger partial charge in [0.25, 0.3) is 0 Å². The van der Waals surface area contributed by atoms with Gasteiger partial charge in [0, 0.05) is 20.0 Å². The molecule has 2 aliphatic heterocycles. The summed E-state index contributed by atoms with van der Waals surface area (Å²) < 4.78 is 24.2. The van der Waals surface area contributed by atoms with Crippen LogP contribution in [-0.4, -0.2) is 115 Å². The van der Waals surface area contributed by atoms with Gasteiger partial charge in [0.05, 0.1) is 62.4 Å². The van der Waals surface area contributed by atoms with Gasteiger partial charge in [-0.3, -0.25) is 5.73 Å². The molecule has 2 aliphatic carbocycles. The van der Waals surface area contributed by atoms with E-state index < -0.39 is 18.3 Å². The lowest BCUT2D eigenvalue weighted by molar-refractivity contribution is -0.700. The van der Waals surface area contributed by atoms with Crippen LogP contribution >= 0.6 is 0 Å². The molecular weight excluding hydrogens is 554 g/mol. The monoisotopic (exact) mass is 617 g/mol. The maximum Gasteiger partial charge on any atom is 0.144 e. The smallest absolute Gasteiger partial charge is 0.144 e. The molecule has 2 saturated heterocycles. The minimum Gasteiger partial charge on any atom is -0.393 e. The van der Waals surface area contributed by atoms with E-state index in [1.807, 2.05) is 0 Å². The number of ether oxygens (including phenoxy) is 4. The number of quaternary nitrogens is 2. The number of aliphatic hydroxyl groups is 4. The molecule has 0 aromatic rings. The van der Waals surface area contributed by atoms with Gasteiger partial charge in [0.15, 0.2) is 0 Å². The Kier molecular flexibility index (Phi) is 14.9. The molecule has 0 bridgehead atoms. The molecule has 0 aromatic heterocycles. The van der Waals surface area contributed by atoms with E-state index in [9.17, 15) is 15.3 Å². The fraction of sp³-hybridized carbons (Fsp3) is 1.00. The van der Waals surface area contributed by atoms with Crippen LogP contribution < -0.4 is 16.4 Å². The van der Waals surface area contributed by atoms with Crippen LogP contribution in [0.1, 0.15) is 90.4 Å². The summed E-state index contributed by atoms with van der Waals surface area (Å²) in [4.78, 5) is 0. The first-order valence-corrected chi connectivity index (χ1v) is 17.3. The van der Waals surface area contributed by atoms with Crippen LogP contribution in [-0.2, 0) is 18.9 Å². The summed E-state index contributed by atoms with van der Waals surface area (Å²) in [6.07, 6.45) is 8.80. The first-order chi connectivity index (χ1) is 20.8. The Bertz CT molecular complexity index is 783. The molecule has 43 heavy (non-hydrogen) atoms.